The molecular formula is C26H39N5O5. The molecule has 198 valence electrons. The Balaban J connectivity index is 1.87. The first-order valence-electron chi connectivity index (χ1n) is 12.4. The molecule has 0 radical (unpaired) electrons. The molecular weight excluding hydrogens is 462 g/mol. The molecule has 1 aliphatic heterocycles. The van der Waals surface area contributed by atoms with Crippen LogP contribution in [0.4, 0.5) is 16.2 Å². The standard InChI is InChI=1S/C26H39N5O5/c1-8-11-31-13-16(2)23(34-7)14-30(6)25(32)21-12-20(9-10-22(21)35-15-17(31)3)27-26(33)28-24-18(4)29-36-19(24)5/h9-10,12,16-17,23H,8,11,13-15H2,1-7H3,(H2,27,28,33)/t16-,17+,23-/m1/s1. The van der Waals surface area contributed by atoms with Gasteiger partial charge in [-0.2, -0.15) is 0 Å². The number of anilines is 2. The third-order valence-corrected chi connectivity index (χ3v) is 6.61. The minimum absolute atomic E-state index is 0.114. The largest absolute Gasteiger partial charge is 0.491 e. The van der Waals surface area contributed by atoms with Crippen LogP contribution < -0.4 is 15.4 Å². The third-order valence-electron chi connectivity index (χ3n) is 6.61. The molecule has 0 aliphatic carbocycles. The zero-order chi connectivity index (χ0) is 26.4. The SMILES string of the molecule is CCCN1C[C@@H](C)[C@H](OC)CN(C)C(=O)c2cc(NC(=O)Nc3c(C)noc3C)ccc2OC[C@@H]1C. The van der Waals surface area contributed by atoms with E-state index < -0.39 is 6.03 Å². The van der Waals surface area contributed by atoms with Gasteiger partial charge in [-0.05, 0) is 57.9 Å². The smallest absolute Gasteiger partial charge is 0.323 e. The van der Waals surface area contributed by atoms with Crippen molar-refractivity contribution in [2.75, 3.05) is 51.0 Å². The molecule has 0 spiro atoms. The normalized spacial score (nSPS) is 21.7. The second kappa shape index (κ2) is 12.2. The van der Waals surface area contributed by atoms with Crippen molar-refractivity contribution in [2.24, 2.45) is 5.92 Å². The molecule has 1 aromatic heterocycles. The van der Waals surface area contributed by atoms with Gasteiger partial charge < -0.3 is 29.5 Å². The molecule has 2 heterocycles. The number of aromatic nitrogens is 1. The molecule has 3 rings (SSSR count). The zero-order valence-corrected chi connectivity index (χ0v) is 22.4. The van der Waals surface area contributed by atoms with Crippen LogP contribution in [0, 0.1) is 19.8 Å². The zero-order valence-electron chi connectivity index (χ0n) is 22.4. The van der Waals surface area contributed by atoms with Crippen LogP contribution >= 0.6 is 0 Å². The fourth-order valence-corrected chi connectivity index (χ4v) is 4.47. The summed E-state index contributed by atoms with van der Waals surface area (Å²) in [5.74, 6) is 1.01. The van der Waals surface area contributed by atoms with Crippen LogP contribution in [0.15, 0.2) is 22.7 Å². The van der Waals surface area contributed by atoms with E-state index in [1.165, 1.54) is 0 Å². The van der Waals surface area contributed by atoms with Crippen LogP contribution in [-0.2, 0) is 4.74 Å². The number of ether oxygens (including phenoxy) is 2. The number of fused-ring (bicyclic) bond motifs is 1. The summed E-state index contributed by atoms with van der Waals surface area (Å²) in [6.07, 6.45) is 0.922. The number of likely N-dealkylation sites (N-methyl/N-ethyl adjacent to an activating group) is 1. The van der Waals surface area contributed by atoms with Gasteiger partial charge in [0.15, 0.2) is 5.76 Å². The molecule has 1 aliphatic rings. The number of methoxy groups -OCH3 is 1. The van der Waals surface area contributed by atoms with E-state index in [-0.39, 0.29) is 24.0 Å². The molecule has 0 unspecified atom stereocenters. The number of hydrogen-bond donors (Lipinski definition) is 2. The van der Waals surface area contributed by atoms with Gasteiger partial charge in [-0.25, -0.2) is 4.79 Å². The van der Waals surface area contributed by atoms with Crippen molar-refractivity contribution in [3.8, 4) is 5.75 Å². The monoisotopic (exact) mass is 501 g/mol. The van der Waals surface area contributed by atoms with Gasteiger partial charge in [0, 0.05) is 39.0 Å². The number of hydrogen-bond acceptors (Lipinski definition) is 7. The highest BCUT2D eigenvalue weighted by Crippen LogP contribution is 2.27. The van der Waals surface area contributed by atoms with Crippen molar-refractivity contribution in [1.29, 1.82) is 0 Å². The predicted molar refractivity (Wildman–Crippen MR) is 139 cm³/mol. The maximum atomic E-state index is 13.5. The van der Waals surface area contributed by atoms with E-state index in [1.54, 1.807) is 51.1 Å². The van der Waals surface area contributed by atoms with Gasteiger partial charge in [0.25, 0.3) is 5.91 Å². The molecule has 0 fully saturated rings. The molecule has 3 atom stereocenters. The Morgan fingerprint density at radius 2 is 1.97 bits per heavy atom. The summed E-state index contributed by atoms with van der Waals surface area (Å²) >= 11 is 0. The van der Waals surface area contributed by atoms with Crippen LogP contribution in [0.1, 0.15) is 49.0 Å². The highest BCUT2D eigenvalue weighted by Gasteiger charge is 2.28. The fraction of sp³-hybridized carbons (Fsp3) is 0.577. The molecule has 0 saturated heterocycles. The number of carbonyl (C=O) groups excluding carboxylic acids is 2. The summed E-state index contributed by atoms with van der Waals surface area (Å²) in [5, 5.41) is 9.38. The van der Waals surface area contributed by atoms with E-state index in [0.717, 1.165) is 19.5 Å². The minimum atomic E-state index is -0.462. The lowest BCUT2D eigenvalue weighted by molar-refractivity contribution is 0.0108. The number of aryl methyl sites for hydroxylation is 2. The molecule has 0 bridgehead atoms. The van der Waals surface area contributed by atoms with Gasteiger partial charge in [-0.1, -0.05) is 19.0 Å². The maximum Gasteiger partial charge on any atom is 0.323 e. The number of nitrogens with zero attached hydrogens (tertiary/aromatic N) is 3. The fourth-order valence-electron chi connectivity index (χ4n) is 4.47. The highest BCUT2D eigenvalue weighted by atomic mass is 16.5. The van der Waals surface area contributed by atoms with Gasteiger partial charge in [-0.3, -0.25) is 9.69 Å². The van der Waals surface area contributed by atoms with Crippen LogP contribution in [0.5, 0.6) is 5.75 Å². The number of nitrogens with one attached hydrogen (secondary N) is 2. The average molecular weight is 502 g/mol. The van der Waals surface area contributed by atoms with E-state index >= 15 is 0 Å². The lowest BCUT2D eigenvalue weighted by atomic mass is 10.0. The summed E-state index contributed by atoms with van der Waals surface area (Å²) < 4.78 is 17.1. The van der Waals surface area contributed by atoms with Crippen molar-refractivity contribution in [3.63, 3.8) is 0 Å². The van der Waals surface area contributed by atoms with E-state index in [1.807, 2.05) is 0 Å². The van der Waals surface area contributed by atoms with Crippen molar-refractivity contribution >= 4 is 23.3 Å². The summed E-state index contributed by atoms with van der Waals surface area (Å²) in [4.78, 5) is 30.2. The third kappa shape index (κ3) is 6.55. The Hall–Kier alpha value is -3.11. The van der Waals surface area contributed by atoms with Gasteiger partial charge in [-0.15, -0.1) is 0 Å². The van der Waals surface area contributed by atoms with Gasteiger partial charge >= 0.3 is 6.03 Å². The summed E-state index contributed by atoms with van der Waals surface area (Å²) in [6.45, 7) is 12.6. The Bertz CT molecular complexity index is 1040. The summed E-state index contributed by atoms with van der Waals surface area (Å²) in [7, 11) is 3.45. The first kappa shape index (κ1) is 27.5. The first-order valence-corrected chi connectivity index (χ1v) is 12.4. The second-order valence-electron chi connectivity index (χ2n) is 9.58. The molecule has 0 saturated carbocycles. The maximum absolute atomic E-state index is 13.5. The van der Waals surface area contributed by atoms with Crippen molar-refractivity contribution in [3.05, 3.63) is 35.2 Å². The van der Waals surface area contributed by atoms with Crippen LogP contribution in [0.2, 0.25) is 0 Å². The van der Waals surface area contributed by atoms with Crippen molar-refractivity contribution in [1.82, 2.24) is 15.0 Å². The molecule has 3 amide bonds. The Labute approximate surface area is 213 Å². The van der Waals surface area contributed by atoms with Crippen molar-refractivity contribution in [2.45, 2.75) is 53.2 Å². The topological polar surface area (TPSA) is 109 Å². The highest BCUT2D eigenvalue weighted by molar-refractivity contribution is 6.02. The number of amides is 3. The minimum Gasteiger partial charge on any atom is -0.491 e. The quantitative estimate of drug-likeness (QED) is 0.633. The van der Waals surface area contributed by atoms with E-state index in [0.29, 0.717) is 47.3 Å². The van der Waals surface area contributed by atoms with Gasteiger partial charge in [0.05, 0.1) is 11.7 Å². The van der Waals surface area contributed by atoms with E-state index in [9.17, 15) is 9.59 Å². The van der Waals surface area contributed by atoms with E-state index in [4.69, 9.17) is 14.0 Å². The number of carbonyl (C=O) groups is 2. The summed E-state index contributed by atoms with van der Waals surface area (Å²) in [5.41, 5.74) is 1.94. The van der Waals surface area contributed by atoms with Crippen LogP contribution in [0.3, 0.4) is 0 Å². The first-order chi connectivity index (χ1) is 17.1. The molecule has 2 N–H and O–H groups in total. The Kier molecular flexibility index (Phi) is 9.33. The molecule has 1 aromatic carbocycles. The van der Waals surface area contributed by atoms with Crippen molar-refractivity contribution < 1.29 is 23.6 Å². The lowest BCUT2D eigenvalue weighted by Crippen LogP contribution is -2.46. The second-order valence-corrected chi connectivity index (χ2v) is 9.58. The summed E-state index contributed by atoms with van der Waals surface area (Å²) in [6, 6.07) is 4.79. The lowest BCUT2D eigenvalue weighted by Gasteiger charge is -2.35. The molecule has 2 aromatic rings. The Morgan fingerprint density at radius 1 is 1.22 bits per heavy atom. The number of rotatable bonds is 5. The van der Waals surface area contributed by atoms with E-state index in [2.05, 4.69) is 41.5 Å². The average Bonchev–Trinajstić information content (AvgIpc) is 3.16. The van der Waals surface area contributed by atoms with Gasteiger partial charge in [0.1, 0.15) is 23.7 Å². The molecule has 10 nitrogen and oxygen atoms in total. The predicted octanol–water partition coefficient (Wildman–Crippen LogP) is 4.15. The van der Waals surface area contributed by atoms with Crippen LogP contribution in [-0.4, -0.2) is 79.4 Å². The molecule has 10 heteroatoms. The van der Waals surface area contributed by atoms with Crippen LogP contribution in [0.25, 0.3) is 0 Å². The number of benzene rings is 1. The van der Waals surface area contributed by atoms with Gasteiger partial charge in [0.2, 0.25) is 0 Å². The molecule has 36 heavy (non-hydrogen) atoms. The number of urea groups is 1. The Morgan fingerprint density at radius 3 is 2.61 bits per heavy atom.